The van der Waals surface area contributed by atoms with Gasteiger partial charge in [0.05, 0.1) is 48.2 Å². The van der Waals surface area contributed by atoms with Crippen LogP contribution in [0.25, 0.3) is 32.7 Å². The number of methoxy groups -OCH3 is 3. The molecule has 8 nitrogen and oxygen atoms in total. The number of imidazole rings is 1. The van der Waals surface area contributed by atoms with Crippen molar-refractivity contribution in [2.24, 2.45) is 0 Å². The van der Waals surface area contributed by atoms with Gasteiger partial charge in [-0.05, 0) is 73.2 Å². The maximum Gasteiger partial charge on any atom is 0.239 e. The van der Waals surface area contributed by atoms with Crippen molar-refractivity contribution >= 4 is 44.4 Å². The molecular weight excluding hydrogens is 532 g/mol. The minimum absolute atomic E-state index is 0.123. The second-order valence-electron chi connectivity index (χ2n) is 8.58. The number of thioether (sulfide) groups is 1. The number of thiazole rings is 1. The maximum absolute atomic E-state index is 13.3. The first kappa shape index (κ1) is 26.6. The summed E-state index contributed by atoms with van der Waals surface area (Å²) in [6.45, 7) is 1.98. The van der Waals surface area contributed by atoms with E-state index in [1.165, 1.54) is 23.1 Å². The number of benzene rings is 3. The third kappa shape index (κ3) is 5.86. The largest absolute Gasteiger partial charge is 0.497 e. The topological polar surface area (TPSA) is 98.4 Å². The standard InChI is InChI=1S/C29H28N4O4S2/c1-5-23(27(34)33-28-30-22-15-14-21(37-4)16-24(22)39-28)38-29-31-25(17-6-10-19(35-2)11-7-17)26(32-29)18-8-12-20(36-3)13-9-18/h6-16,23H,5H2,1-4H3,(H,31,32)(H,30,33,34). The second kappa shape index (κ2) is 11.8. The van der Waals surface area contributed by atoms with Gasteiger partial charge in [-0.2, -0.15) is 0 Å². The first-order valence-electron chi connectivity index (χ1n) is 12.3. The zero-order chi connectivity index (χ0) is 27.4. The summed E-state index contributed by atoms with van der Waals surface area (Å²) in [6.07, 6.45) is 0.617. The van der Waals surface area contributed by atoms with Crippen LogP contribution >= 0.6 is 23.1 Å². The zero-order valence-corrected chi connectivity index (χ0v) is 23.6. The van der Waals surface area contributed by atoms with Crippen molar-refractivity contribution in [1.29, 1.82) is 0 Å². The van der Waals surface area contributed by atoms with Gasteiger partial charge in [-0.15, -0.1) is 0 Å². The summed E-state index contributed by atoms with van der Waals surface area (Å²) >= 11 is 2.82. The van der Waals surface area contributed by atoms with Crippen molar-refractivity contribution in [3.8, 4) is 39.8 Å². The average molecular weight is 561 g/mol. The lowest BCUT2D eigenvalue weighted by atomic mass is 10.0. The molecule has 0 spiro atoms. The third-order valence-electron chi connectivity index (χ3n) is 6.17. The van der Waals surface area contributed by atoms with Crippen LogP contribution < -0.4 is 19.5 Å². The van der Waals surface area contributed by atoms with E-state index in [4.69, 9.17) is 19.2 Å². The summed E-state index contributed by atoms with van der Waals surface area (Å²) in [5, 5.41) is 3.83. The van der Waals surface area contributed by atoms with Gasteiger partial charge in [-0.3, -0.25) is 4.79 Å². The highest BCUT2D eigenvalue weighted by atomic mass is 32.2. The summed E-state index contributed by atoms with van der Waals surface area (Å²) in [7, 11) is 4.91. The lowest BCUT2D eigenvalue weighted by Crippen LogP contribution is -2.24. The van der Waals surface area contributed by atoms with E-state index >= 15 is 0 Å². The number of nitrogens with zero attached hydrogens (tertiary/aromatic N) is 2. The minimum atomic E-state index is -0.370. The fourth-order valence-corrected chi connectivity index (χ4v) is 5.86. The molecule has 3 aromatic carbocycles. The molecule has 2 heterocycles. The van der Waals surface area contributed by atoms with E-state index in [9.17, 15) is 4.79 Å². The summed E-state index contributed by atoms with van der Waals surface area (Å²) in [5.74, 6) is 2.17. The van der Waals surface area contributed by atoms with Gasteiger partial charge in [-0.25, -0.2) is 9.97 Å². The van der Waals surface area contributed by atoms with E-state index in [1.54, 1.807) is 21.3 Å². The van der Waals surface area contributed by atoms with Gasteiger partial charge in [0.1, 0.15) is 17.2 Å². The van der Waals surface area contributed by atoms with Crippen molar-refractivity contribution in [1.82, 2.24) is 15.0 Å². The van der Waals surface area contributed by atoms with Crippen LogP contribution in [-0.2, 0) is 4.79 Å². The molecule has 0 saturated heterocycles. The van der Waals surface area contributed by atoms with Gasteiger partial charge in [0.2, 0.25) is 5.91 Å². The number of ether oxygens (including phenoxy) is 3. The average Bonchev–Trinajstić information content (AvgIpc) is 3.59. The van der Waals surface area contributed by atoms with Gasteiger partial charge < -0.3 is 24.5 Å². The van der Waals surface area contributed by atoms with Gasteiger partial charge >= 0.3 is 0 Å². The predicted molar refractivity (Wildman–Crippen MR) is 157 cm³/mol. The molecule has 1 atom stereocenters. The molecule has 5 rings (SSSR count). The number of aromatic amines is 1. The Morgan fingerprint density at radius 3 is 2.13 bits per heavy atom. The van der Waals surface area contributed by atoms with Crippen LogP contribution in [0.1, 0.15) is 13.3 Å². The molecule has 0 radical (unpaired) electrons. The van der Waals surface area contributed by atoms with Gasteiger partial charge in [-0.1, -0.05) is 30.0 Å². The highest BCUT2D eigenvalue weighted by Gasteiger charge is 2.23. The number of hydrogen-bond donors (Lipinski definition) is 2. The van der Waals surface area contributed by atoms with Crippen molar-refractivity contribution in [2.75, 3.05) is 26.6 Å². The van der Waals surface area contributed by atoms with Crippen LogP contribution in [0.3, 0.4) is 0 Å². The minimum Gasteiger partial charge on any atom is -0.497 e. The highest BCUT2D eigenvalue weighted by Crippen LogP contribution is 2.36. The number of hydrogen-bond acceptors (Lipinski definition) is 8. The van der Waals surface area contributed by atoms with Crippen LogP contribution in [0.2, 0.25) is 0 Å². The van der Waals surface area contributed by atoms with Crippen molar-refractivity contribution in [3.05, 3.63) is 66.7 Å². The number of rotatable bonds is 10. The number of aromatic nitrogens is 3. The second-order valence-corrected chi connectivity index (χ2v) is 10.8. The number of anilines is 1. The number of H-pyrrole nitrogens is 1. The molecule has 10 heteroatoms. The molecule has 0 fully saturated rings. The number of carbonyl (C=O) groups excluding carboxylic acids is 1. The zero-order valence-electron chi connectivity index (χ0n) is 22.0. The van der Waals surface area contributed by atoms with Crippen LogP contribution in [-0.4, -0.2) is 47.4 Å². The fourth-order valence-electron chi connectivity index (χ4n) is 4.06. The Hall–Kier alpha value is -4.02. The first-order valence-corrected chi connectivity index (χ1v) is 14.0. The molecule has 0 bridgehead atoms. The van der Waals surface area contributed by atoms with Crippen LogP contribution in [0.4, 0.5) is 5.13 Å². The van der Waals surface area contributed by atoms with Crippen LogP contribution in [0.15, 0.2) is 71.9 Å². The smallest absolute Gasteiger partial charge is 0.239 e. The summed E-state index contributed by atoms with van der Waals surface area (Å²) in [6, 6.07) is 21.2. The van der Waals surface area contributed by atoms with Crippen LogP contribution in [0, 0.1) is 0 Å². The van der Waals surface area contributed by atoms with Crippen LogP contribution in [0.5, 0.6) is 17.2 Å². The summed E-state index contributed by atoms with van der Waals surface area (Å²) < 4.78 is 16.9. The van der Waals surface area contributed by atoms with E-state index in [1.807, 2.05) is 73.7 Å². The monoisotopic (exact) mass is 560 g/mol. The molecule has 1 amide bonds. The molecular formula is C29H28N4O4S2. The number of carbonyl (C=O) groups is 1. The molecule has 2 N–H and O–H groups in total. The Kier molecular flexibility index (Phi) is 8.04. The molecule has 0 aliphatic rings. The van der Waals surface area contributed by atoms with E-state index in [0.29, 0.717) is 16.7 Å². The van der Waals surface area contributed by atoms with Gasteiger partial charge in [0.15, 0.2) is 10.3 Å². The molecule has 2 aromatic heterocycles. The summed E-state index contributed by atoms with van der Waals surface area (Å²) in [4.78, 5) is 26.2. The Balaban J connectivity index is 1.41. The van der Waals surface area contributed by atoms with Crippen molar-refractivity contribution in [2.45, 2.75) is 23.8 Å². The Morgan fingerprint density at radius 1 is 0.897 bits per heavy atom. The SMILES string of the molecule is CCC(Sc1nc(-c2ccc(OC)cc2)c(-c2ccc(OC)cc2)[nH]1)C(=O)Nc1nc2ccc(OC)cc2s1. The fraction of sp³-hybridized carbons (Fsp3) is 0.207. The molecule has 0 aliphatic carbocycles. The molecule has 200 valence electrons. The Morgan fingerprint density at radius 2 is 1.51 bits per heavy atom. The van der Waals surface area contributed by atoms with E-state index < -0.39 is 0 Å². The van der Waals surface area contributed by atoms with Gasteiger partial charge in [0.25, 0.3) is 0 Å². The predicted octanol–water partition coefficient (Wildman–Crippen LogP) is 6.89. The Labute approximate surface area is 234 Å². The van der Waals surface area contributed by atoms with Gasteiger partial charge in [0, 0.05) is 11.1 Å². The van der Waals surface area contributed by atoms with Crippen molar-refractivity contribution < 1.29 is 19.0 Å². The van der Waals surface area contributed by atoms with Crippen molar-refractivity contribution in [3.63, 3.8) is 0 Å². The number of nitrogens with one attached hydrogen (secondary N) is 2. The van der Waals surface area contributed by atoms with E-state index in [2.05, 4.69) is 15.3 Å². The quantitative estimate of drug-likeness (QED) is 0.180. The number of fused-ring (bicyclic) bond motifs is 1. The molecule has 0 aliphatic heterocycles. The van der Waals surface area contributed by atoms with E-state index in [0.717, 1.165) is 50.0 Å². The first-order chi connectivity index (χ1) is 19.0. The molecule has 0 saturated carbocycles. The molecule has 1 unspecified atom stereocenters. The molecule has 5 aromatic rings. The maximum atomic E-state index is 13.3. The lowest BCUT2D eigenvalue weighted by molar-refractivity contribution is -0.115. The highest BCUT2D eigenvalue weighted by molar-refractivity contribution is 8.00. The third-order valence-corrected chi connectivity index (χ3v) is 8.35. The summed E-state index contributed by atoms with van der Waals surface area (Å²) in [5.41, 5.74) is 4.37. The number of amides is 1. The van der Waals surface area contributed by atoms with E-state index in [-0.39, 0.29) is 11.2 Å². The molecule has 39 heavy (non-hydrogen) atoms. The lowest BCUT2D eigenvalue weighted by Gasteiger charge is -2.11. The Bertz CT molecular complexity index is 1510. The normalized spacial score (nSPS) is 11.8.